The Morgan fingerprint density at radius 1 is 1.15 bits per heavy atom. The molecular weight excluding hydrogens is 412 g/mol. The van der Waals surface area contributed by atoms with Crippen molar-refractivity contribution in [2.24, 2.45) is 11.8 Å². The molecule has 1 unspecified atom stereocenters. The van der Waals surface area contributed by atoms with Gasteiger partial charge in [-0.25, -0.2) is 0 Å². The van der Waals surface area contributed by atoms with Gasteiger partial charge in [0.2, 0.25) is 5.91 Å². The summed E-state index contributed by atoms with van der Waals surface area (Å²) >= 11 is 0. The summed E-state index contributed by atoms with van der Waals surface area (Å²) < 4.78 is 11.8. The quantitative estimate of drug-likeness (QED) is 0.457. The third-order valence-electron chi connectivity index (χ3n) is 7.85. The summed E-state index contributed by atoms with van der Waals surface area (Å²) in [6.07, 6.45) is 21.0. The monoisotopic (exact) mass is 454 g/mol. The second-order valence-electron chi connectivity index (χ2n) is 10.2. The van der Waals surface area contributed by atoms with Gasteiger partial charge in [0, 0.05) is 38.0 Å². The maximum absolute atomic E-state index is 12.9. The third kappa shape index (κ3) is 6.53. The molecule has 0 radical (unpaired) electrons. The van der Waals surface area contributed by atoms with Crippen molar-refractivity contribution in [3.05, 3.63) is 47.8 Å². The molecule has 4 rings (SSSR count). The van der Waals surface area contributed by atoms with Gasteiger partial charge in [0.1, 0.15) is 18.3 Å². The van der Waals surface area contributed by atoms with Crippen LogP contribution in [0.3, 0.4) is 0 Å². The van der Waals surface area contributed by atoms with E-state index in [1.54, 1.807) is 12.5 Å². The van der Waals surface area contributed by atoms with Crippen molar-refractivity contribution in [2.75, 3.05) is 26.2 Å². The predicted octanol–water partition coefficient (Wildman–Crippen LogP) is 5.91. The van der Waals surface area contributed by atoms with Crippen LogP contribution < -0.4 is 0 Å². The minimum absolute atomic E-state index is 0.299. The smallest absolute Gasteiger partial charge is 0.225 e. The van der Waals surface area contributed by atoms with Gasteiger partial charge in [-0.3, -0.25) is 4.79 Å². The Morgan fingerprint density at radius 2 is 1.94 bits per heavy atom. The maximum atomic E-state index is 12.9. The molecule has 2 heterocycles. The minimum atomic E-state index is 0.299. The molecule has 182 valence electrons. The largest absolute Gasteiger partial charge is 0.465 e. The van der Waals surface area contributed by atoms with Crippen LogP contribution in [0.4, 0.5) is 0 Å². The van der Waals surface area contributed by atoms with Gasteiger partial charge >= 0.3 is 0 Å². The Bertz CT molecular complexity index is 783. The second-order valence-corrected chi connectivity index (χ2v) is 10.2. The number of carbonyl (C=O) groups excluding carboxylic acids is 1. The standard InChI is InChI=1S/C28H42N2O3/c1-3-29(19-23-14-16-30(17-15-23)28(31)25-12-8-5-9-13-25)22(2)18-26-20-32-21-27(33-26)24-10-6-4-7-11-24/h4,6,10,20-23,25H,3,5,7-9,11-19H2,1-2H3. The molecule has 33 heavy (non-hydrogen) atoms. The average Bonchev–Trinajstić information content (AvgIpc) is 2.88. The van der Waals surface area contributed by atoms with E-state index in [2.05, 4.69) is 41.9 Å². The van der Waals surface area contributed by atoms with Gasteiger partial charge in [-0.2, -0.15) is 0 Å². The molecule has 1 saturated heterocycles. The lowest BCUT2D eigenvalue weighted by atomic mass is 9.87. The number of carbonyl (C=O) groups is 1. The highest BCUT2D eigenvalue weighted by Crippen LogP contribution is 2.30. The van der Waals surface area contributed by atoms with Gasteiger partial charge in [0.05, 0.1) is 0 Å². The lowest BCUT2D eigenvalue weighted by Gasteiger charge is -2.38. The van der Waals surface area contributed by atoms with E-state index in [0.29, 0.717) is 23.8 Å². The molecule has 0 bridgehead atoms. The molecule has 5 heteroatoms. The van der Waals surface area contributed by atoms with Crippen LogP contribution in [0.2, 0.25) is 0 Å². The molecule has 0 aromatic carbocycles. The van der Waals surface area contributed by atoms with Gasteiger partial charge in [0.25, 0.3) is 0 Å². The Balaban J connectivity index is 1.23. The Labute approximate surface area is 200 Å². The highest BCUT2D eigenvalue weighted by Gasteiger charge is 2.30. The number of amides is 1. The van der Waals surface area contributed by atoms with Crippen molar-refractivity contribution in [3.8, 4) is 0 Å². The molecule has 1 atom stereocenters. The van der Waals surface area contributed by atoms with Crippen LogP contribution in [0.15, 0.2) is 47.8 Å². The summed E-state index contributed by atoms with van der Waals surface area (Å²) in [6.45, 7) is 8.52. The molecular formula is C28H42N2O3. The molecule has 0 aromatic rings. The fourth-order valence-electron chi connectivity index (χ4n) is 5.72. The molecule has 0 aromatic heterocycles. The van der Waals surface area contributed by atoms with E-state index in [1.165, 1.54) is 24.8 Å². The first kappa shape index (κ1) is 24.1. The van der Waals surface area contributed by atoms with Crippen LogP contribution in [-0.4, -0.2) is 47.9 Å². The summed E-state index contributed by atoms with van der Waals surface area (Å²) in [5.74, 6) is 3.15. The van der Waals surface area contributed by atoms with Crippen molar-refractivity contribution < 1.29 is 14.3 Å². The lowest BCUT2D eigenvalue weighted by Crippen LogP contribution is -2.45. The van der Waals surface area contributed by atoms with E-state index in [9.17, 15) is 4.79 Å². The molecule has 1 amide bonds. The zero-order valence-corrected chi connectivity index (χ0v) is 20.6. The fourth-order valence-corrected chi connectivity index (χ4v) is 5.72. The Morgan fingerprint density at radius 3 is 2.64 bits per heavy atom. The van der Waals surface area contributed by atoms with Crippen molar-refractivity contribution >= 4 is 5.91 Å². The van der Waals surface area contributed by atoms with Gasteiger partial charge < -0.3 is 19.3 Å². The van der Waals surface area contributed by atoms with E-state index >= 15 is 0 Å². The van der Waals surface area contributed by atoms with Gasteiger partial charge in [0.15, 0.2) is 5.76 Å². The zero-order valence-electron chi connectivity index (χ0n) is 20.6. The van der Waals surface area contributed by atoms with Crippen LogP contribution in [0, 0.1) is 11.8 Å². The van der Waals surface area contributed by atoms with E-state index in [1.807, 2.05) is 0 Å². The summed E-state index contributed by atoms with van der Waals surface area (Å²) in [6, 6.07) is 0.381. The topological polar surface area (TPSA) is 42.0 Å². The zero-order chi connectivity index (χ0) is 23.0. The number of hydrogen-bond donors (Lipinski definition) is 0. The Hall–Kier alpha value is -2.01. The first-order chi connectivity index (χ1) is 16.1. The number of piperidine rings is 1. The van der Waals surface area contributed by atoms with Gasteiger partial charge in [-0.15, -0.1) is 0 Å². The first-order valence-corrected chi connectivity index (χ1v) is 13.3. The first-order valence-electron chi connectivity index (χ1n) is 13.3. The number of nitrogens with zero attached hydrogens (tertiary/aromatic N) is 2. The Kier molecular flexibility index (Phi) is 8.71. The lowest BCUT2D eigenvalue weighted by molar-refractivity contribution is -0.138. The second kappa shape index (κ2) is 11.9. The normalized spacial score (nSPS) is 23.4. The van der Waals surface area contributed by atoms with Crippen LogP contribution in [0.1, 0.15) is 78.1 Å². The fraction of sp³-hybridized carbons (Fsp3) is 0.679. The van der Waals surface area contributed by atoms with Crippen molar-refractivity contribution in [1.29, 1.82) is 0 Å². The van der Waals surface area contributed by atoms with Crippen molar-refractivity contribution in [1.82, 2.24) is 9.80 Å². The maximum Gasteiger partial charge on any atom is 0.225 e. The number of likely N-dealkylation sites (tertiary alicyclic amines) is 1. The molecule has 0 N–H and O–H groups in total. The van der Waals surface area contributed by atoms with Crippen LogP contribution >= 0.6 is 0 Å². The molecule has 4 aliphatic rings. The van der Waals surface area contributed by atoms with Crippen LogP contribution in [-0.2, 0) is 14.3 Å². The highest BCUT2D eigenvalue weighted by atomic mass is 16.5. The van der Waals surface area contributed by atoms with Crippen LogP contribution in [0.5, 0.6) is 0 Å². The SMILES string of the molecule is CCN(CC1CCN(C(=O)C2CCCCC2)CC1)C(C)CC1=COC=C(C2=CC=CCC2)O1. The average molecular weight is 455 g/mol. The summed E-state index contributed by atoms with van der Waals surface area (Å²) in [5.41, 5.74) is 1.21. The number of rotatable bonds is 8. The summed E-state index contributed by atoms with van der Waals surface area (Å²) in [4.78, 5) is 17.6. The van der Waals surface area contributed by atoms with Crippen LogP contribution in [0.25, 0.3) is 0 Å². The molecule has 1 saturated carbocycles. The minimum Gasteiger partial charge on any atom is -0.465 e. The van der Waals surface area contributed by atoms with E-state index in [4.69, 9.17) is 9.47 Å². The highest BCUT2D eigenvalue weighted by molar-refractivity contribution is 5.79. The molecule has 5 nitrogen and oxygen atoms in total. The third-order valence-corrected chi connectivity index (χ3v) is 7.85. The number of allylic oxidation sites excluding steroid dienone is 4. The number of hydrogen-bond acceptors (Lipinski definition) is 4. The molecule has 0 spiro atoms. The van der Waals surface area contributed by atoms with E-state index < -0.39 is 0 Å². The molecule has 2 aliphatic heterocycles. The van der Waals surface area contributed by atoms with Crippen molar-refractivity contribution in [3.63, 3.8) is 0 Å². The number of ether oxygens (including phenoxy) is 2. The van der Waals surface area contributed by atoms with E-state index in [-0.39, 0.29) is 0 Å². The predicted molar refractivity (Wildman–Crippen MR) is 132 cm³/mol. The van der Waals surface area contributed by atoms with Gasteiger partial charge in [-0.1, -0.05) is 44.4 Å². The van der Waals surface area contributed by atoms with Crippen molar-refractivity contribution in [2.45, 2.75) is 84.1 Å². The van der Waals surface area contributed by atoms with E-state index in [0.717, 1.165) is 82.6 Å². The summed E-state index contributed by atoms with van der Waals surface area (Å²) in [7, 11) is 0. The summed E-state index contributed by atoms with van der Waals surface area (Å²) in [5, 5.41) is 0. The molecule has 2 fully saturated rings. The van der Waals surface area contributed by atoms with Gasteiger partial charge in [-0.05, 0) is 63.5 Å². The molecule has 2 aliphatic carbocycles.